The van der Waals surface area contributed by atoms with Gasteiger partial charge in [0.05, 0.1) is 24.0 Å². The fourth-order valence-corrected chi connectivity index (χ4v) is 2.87. The number of fused-ring (bicyclic) bond motifs is 3. The SMILES string of the molecule is COCCN1COc2ccc3c(c2C1)O/C(=C\c1ccco1)C3=O. The van der Waals surface area contributed by atoms with Crippen LogP contribution in [0.1, 0.15) is 21.7 Å². The summed E-state index contributed by atoms with van der Waals surface area (Å²) in [5.74, 6) is 2.05. The maximum atomic E-state index is 12.6. The number of nitrogens with zero attached hydrogens (tertiary/aromatic N) is 1. The van der Waals surface area contributed by atoms with Crippen LogP contribution < -0.4 is 9.47 Å². The lowest BCUT2D eigenvalue weighted by Crippen LogP contribution is -2.34. The second-order valence-electron chi connectivity index (χ2n) is 5.69. The molecule has 124 valence electrons. The number of hydrogen-bond donors (Lipinski definition) is 0. The van der Waals surface area contributed by atoms with Crippen molar-refractivity contribution in [2.75, 3.05) is 27.0 Å². The molecule has 24 heavy (non-hydrogen) atoms. The van der Waals surface area contributed by atoms with Crippen LogP contribution in [0.25, 0.3) is 6.08 Å². The van der Waals surface area contributed by atoms with Crippen LogP contribution in [0.3, 0.4) is 0 Å². The van der Waals surface area contributed by atoms with Gasteiger partial charge in [-0.1, -0.05) is 0 Å². The third kappa shape index (κ3) is 2.60. The predicted molar refractivity (Wildman–Crippen MR) is 85.9 cm³/mol. The number of hydrogen-bond acceptors (Lipinski definition) is 6. The zero-order valence-corrected chi connectivity index (χ0v) is 13.3. The summed E-state index contributed by atoms with van der Waals surface area (Å²) in [5.41, 5.74) is 1.45. The van der Waals surface area contributed by atoms with Crippen molar-refractivity contribution in [1.82, 2.24) is 4.90 Å². The zero-order valence-electron chi connectivity index (χ0n) is 13.3. The molecule has 0 N–H and O–H groups in total. The second kappa shape index (κ2) is 6.14. The van der Waals surface area contributed by atoms with Crippen LogP contribution in [-0.4, -0.2) is 37.7 Å². The summed E-state index contributed by atoms with van der Waals surface area (Å²) >= 11 is 0. The number of ketones is 1. The van der Waals surface area contributed by atoms with Crippen molar-refractivity contribution < 1.29 is 23.4 Å². The Morgan fingerprint density at radius 1 is 1.33 bits per heavy atom. The number of rotatable bonds is 4. The topological polar surface area (TPSA) is 61.1 Å². The van der Waals surface area contributed by atoms with Crippen LogP contribution in [0, 0.1) is 0 Å². The van der Waals surface area contributed by atoms with E-state index in [0.29, 0.717) is 37.0 Å². The highest BCUT2D eigenvalue weighted by atomic mass is 16.5. The second-order valence-corrected chi connectivity index (χ2v) is 5.69. The molecule has 0 saturated carbocycles. The summed E-state index contributed by atoms with van der Waals surface area (Å²) in [5, 5.41) is 0. The van der Waals surface area contributed by atoms with Gasteiger partial charge in [-0.05, 0) is 24.3 Å². The monoisotopic (exact) mass is 327 g/mol. The van der Waals surface area contributed by atoms with Crippen molar-refractivity contribution in [3.63, 3.8) is 0 Å². The van der Waals surface area contributed by atoms with Gasteiger partial charge in [0, 0.05) is 26.3 Å². The number of ether oxygens (including phenoxy) is 3. The molecule has 2 aromatic rings. The van der Waals surface area contributed by atoms with E-state index in [1.165, 1.54) is 0 Å². The average molecular weight is 327 g/mol. The molecule has 0 fully saturated rings. The van der Waals surface area contributed by atoms with E-state index in [1.54, 1.807) is 37.6 Å². The Kier molecular flexibility index (Phi) is 3.84. The van der Waals surface area contributed by atoms with Crippen LogP contribution in [0.2, 0.25) is 0 Å². The fourth-order valence-electron chi connectivity index (χ4n) is 2.87. The zero-order chi connectivity index (χ0) is 16.5. The predicted octanol–water partition coefficient (Wildman–Crippen LogP) is 2.69. The summed E-state index contributed by atoms with van der Waals surface area (Å²) in [6.07, 6.45) is 3.17. The van der Waals surface area contributed by atoms with Gasteiger partial charge in [0.1, 0.15) is 24.0 Å². The van der Waals surface area contributed by atoms with Gasteiger partial charge in [-0.2, -0.15) is 0 Å². The van der Waals surface area contributed by atoms with Gasteiger partial charge >= 0.3 is 0 Å². The summed E-state index contributed by atoms with van der Waals surface area (Å²) in [6, 6.07) is 7.13. The van der Waals surface area contributed by atoms with Crippen molar-refractivity contribution in [1.29, 1.82) is 0 Å². The third-order valence-electron chi connectivity index (χ3n) is 4.11. The van der Waals surface area contributed by atoms with Crippen LogP contribution in [-0.2, 0) is 11.3 Å². The van der Waals surface area contributed by atoms with Gasteiger partial charge in [0.2, 0.25) is 5.78 Å². The van der Waals surface area contributed by atoms with Crippen molar-refractivity contribution in [2.24, 2.45) is 0 Å². The lowest BCUT2D eigenvalue weighted by atomic mass is 10.0. The van der Waals surface area contributed by atoms with Crippen molar-refractivity contribution in [3.8, 4) is 11.5 Å². The molecule has 1 aromatic heterocycles. The van der Waals surface area contributed by atoms with Crippen LogP contribution in [0.4, 0.5) is 0 Å². The van der Waals surface area contributed by atoms with Crippen LogP contribution in [0.5, 0.6) is 11.5 Å². The minimum absolute atomic E-state index is 0.141. The molecule has 0 amide bonds. The molecule has 1 aromatic carbocycles. The van der Waals surface area contributed by atoms with E-state index in [2.05, 4.69) is 4.90 Å². The Morgan fingerprint density at radius 2 is 2.25 bits per heavy atom. The van der Waals surface area contributed by atoms with Crippen molar-refractivity contribution >= 4 is 11.9 Å². The van der Waals surface area contributed by atoms with Crippen molar-refractivity contribution in [2.45, 2.75) is 6.54 Å². The summed E-state index contributed by atoms with van der Waals surface area (Å²) in [6.45, 7) is 2.53. The maximum Gasteiger partial charge on any atom is 0.232 e. The Balaban J connectivity index is 1.65. The number of allylic oxidation sites excluding steroid dienone is 1. The first kappa shape index (κ1) is 15.0. The fraction of sp³-hybridized carbons (Fsp3) is 0.278. The van der Waals surface area contributed by atoms with Gasteiger partial charge < -0.3 is 18.6 Å². The highest BCUT2D eigenvalue weighted by molar-refractivity contribution is 6.14. The van der Waals surface area contributed by atoms with Gasteiger partial charge in [-0.3, -0.25) is 9.69 Å². The Bertz CT molecular complexity index is 794. The normalized spacial score (nSPS) is 18.2. The van der Waals surface area contributed by atoms with E-state index in [4.69, 9.17) is 18.6 Å². The van der Waals surface area contributed by atoms with E-state index in [0.717, 1.165) is 17.9 Å². The van der Waals surface area contributed by atoms with E-state index >= 15 is 0 Å². The molecule has 0 radical (unpaired) electrons. The summed E-state index contributed by atoms with van der Waals surface area (Å²) in [7, 11) is 1.67. The molecular formula is C18H17NO5. The minimum Gasteiger partial charge on any atom is -0.478 e. The lowest BCUT2D eigenvalue weighted by molar-refractivity contribution is 0.0646. The highest BCUT2D eigenvalue weighted by Gasteiger charge is 2.33. The molecule has 6 heteroatoms. The summed E-state index contributed by atoms with van der Waals surface area (Å²) in [4.78, 5) is 14.7. The molecule has 6 nitrogen and oxygen atoms in total. The van der Waals surface area contributed by atoms with E-state index in [1.807, 2.05) is 6.07 Å². The molecule has 2 aliphatic rings. The maximum absolute atomic E-state index is 12.6. The smallest absolute Gasteiger partial charge is 0.232 e. The highest BCUT2D eigenvalue weighted by Crippen LogP contribution is 2.41. The quantitative estimate of drug-likeness (QED) is 0.805. The first-order valence-electron chi connectivity index (χ1n) is 7.74. The molecule has 0 atom stereocenters. The van der Waals surface area contributed by atoms with Gasteiger partial charge in [-0.15, -0.1) is 0 Å². The molecule has 0 unspecified atom stereocenters. The lowest BCUT2D eigenvalue weighted by Gasteiger charge is -2.29. The number of carbonyl (C=O) groups is 1. The van der Waals surface area contributed by atoms with Crippen LogP contribution in [0.15, 0.2) is 40.7 Å². The molecule has 0 bridgehead atoms. The Hall–Kier alpha value is -2.57. The Morgan fingerprint density at radius 3 is 3.04 bits per heavy atom. The first-order chi connectivity index (χ1) is 11.8. The van der Waals surface area contributed by atoms with Gasteiger partial charge in [0.15, 0.2) is 5.76 Å². The molecule has 0 saturated heterocycles. The number of Topliss-reactive ketones (excluding diaryl/α,β-unsaturated/α-hetero) is 1. The van der Waals surface area contributed by atoms with E-state index in [9.17, 15) is 4.79 Å². The molecular weight excluding hydrogens is 310 g/mol. The summed E-state index contributed by atoms with van der Waals surface area (Å²) < 4.78 is 22.0. The average Bonchev–Trinajstić information content (AvgIpc) is 3.22. The third-order valence-corrected chi connectivity index (χ3v) is 4.11. The van der Waals surface area contributed by atoms with E-state index < -0.39 is 0 Å². The van der Waals surface area contributed by atoms with Crippen LogP contribution >= 0.6 is 0 Å². The molecule has 2 aliphatic heterocycles. The number of carbonyl (C=O) groups excluding carboxylic acids is 1. The molecule has 0 spiro atoms. The van der Waals surface area contributed by atoms with Gasteiger partial charge in [-0.25, -0.2) is 0 Å². The van der Waals surface area contributed by atoms with Gasteiger partial charge in [0.25, 0.3) is 0 Å². The van der Waals surface area contributed by atoms with E-state index in [-0.39, 0.29) is 11.5 Å². The van der Waals surface area contributed by atoms with Crippen molar-refractivity contribution in [3.05, 3.63) is 53.2 Å². The number of methoxy groups -OCH3 is 1. The number of benzene rings is 1. The minimum atomic E-state index is -0.141. The standard InChI is InChI=1S/C18H17NO5/c1-21-8-6-19-10-14-15(23-11-19)5-4-13-17(20)16(24-18(13)14)9-12-3-2-7-22-12/h2-5,7,9H,6,8,10-11H2,1H3/b16-9-. The first-order valence-corrected chi connectivity index (χ1v) is 7.74. The number of furan rings is 1. The Labute approximate surface area is 139 Å². The largest absolute Gasteiger partial charge is 0.478 e. The molecule has 4 rings (SSSR count). The molecule has 0 aliphatic carbocycles. The molecule has 3 heterocycles.